The highest BCUT2D eigenvalue weighted by molar-refractivity contribution is 5.72. The molecule has 0 bridgehead atoms. The van der Waals surface area contributed by atoms with Crippen LogP contribution in [0.4, 0.5) is 5.69 Å². The SMILES string of the molecule is Cc1ccc(Cn2cncc2-c2cnccc2N)cc1. The van der Waals surface area contributed by atoms with Gasteiger partial charge in [-0.15, -0.1) is 0 Å². The largest absolute Gasteiger partial charge is 0.398 e. The molecule has 3 rings (SSSR count). The van der Waals surface area contributed by atoms with Gasteiger partial charge < -0.3 is 10.3 Å². The molecule has 0 radical (unpaired) electrons. The van der Waals surface area contributed by atoms with E-state index in [-0.39, 0.29) is 0 Å². The molecule has 2 N–H and O–H groups in total. The minimum atomic E-state index is 0.714. The third-order valence-electron chi connectivity index (χ3n) is 3.32. The molecule has 0 saturated carbocycles. The van der Waals surface area contributed by atoms with E-state index >= 15 is 0 Å². The van der Waals surface area contributed by atoms with Crippen LogP contribution < -0.4 is 5.73 Å². The molecular formula is C16H16N4. The maximum Gasteiger partial charge on any atom is 0.0954 e. The lowest BCUT2D eigenvalue weighted by atomic mass is 10.1. The molecule has 100 valence electrons. The topological polar surface area (TPSA) is 56.7 Å². The molecule has 0 amide bonds. The molecule has 0 aliphatic rings. The van der Waals surface area contributed by atoms with Crippen molar-refractivity contribution in [1.29, 1.82) is 0 Å². The third-order valence-corrected chi connectivity index (χ3v) is 3.32. The highest BCUT2D eigenvalue weighted by Gasteiger charge is 2.08. The van der Waals surface area contributed by atoms with Gasteiger partial charge >= 0.3 is 0 Å². The van der Waals surface area contributed by atoms with Gasteiger partial charge in [-0.3, -0.25) is 4.98 Å². The zero-order valence-corrected chi connectivity index (χ0v) is 11.3. The van der Waals surface area contributed by atoms with Crippen molar-refractivity contribution in [2.75, 3.05) is 5.73 Å². The fourth-order valence-corrected chi connectivity index (χ4v) is 2.18. The van der Waals surface area contributed by atoms with Gasteiger partial charge in [0.15, 0.2) is 0 Å². The number of nitrogens with zero attached hydrogens (tertiary/aromatic N) is 3. The Morgan fingerprint density at radius 3 is 2.60 bits per heavy atom. The number of aryl methyl sites for hydroxylation is 1. The van der Waals surface area contributed by atoms with Crippen LogP contribution in [0.2, 0.25) is 0 Å². The van der Waals surface area contributed by atoms with Gasteiger partial charge in [0.05, 0.1) is 18.2 Å². The number of aromatic nitrogens is 3. The van der Waals surface area contributed by atoms with Crippen molar-refractivity contribution in [3.05, 3.63) is 66.4 Å². The van der Waals surface area contributed by atoms with Gasteiger partial charge in [0.2, 0.25) is 0 Å². The smallest absolute Gasteiger partial charge is 0.0954 e. The van der Waals surface area contributed by atoms with Crippen LogP contribution in [0, 0.1) is 6.92 Å². The van der Waals surface area contributed by atoms with E-state index in [0.717, 1.165) is 17.8 Å². The number of pyridine rings is 1. The summed E-state index contributed by atoms with van der Waals surface area (Å²) >= 11 is 0. The van der Waals surface area contributed by atoms with Crippen LogP contribution in [0.5, 0.6) is 0 Å². The van der Waals surface area contributed by atoms with Gasteiger partial charge in [-0.25, -0.2) is 4.98 Å². The summed E-state index contributed by atoms with van der Waals surface area (Å²) < 4.78 is 2.08. The van der Waals surface area contributed by atoms with Crippen molar-refractivity contribution in [3.8, 4) is 11.3 Å². The summed E-state index contributed by atoms with van der Waals surface area (Å²) in [5.74, 6) is 0. The molecule has 4 heteroatoms. The first-order chi connectivity index (χ1) is 9.74. The Balaban J connectivity index is 1.95. The third kappa shape index (κ3) is 2.40. The highest BCUT2D eigenvalue weighted by Crippen LogP contribution is 2.24. The van der Waals surface area contributed by atoms with E-state index in [4.69, 9.17) is 5.73 Å². The summed E-state index contributed by atoms with van der Waals surface area (Å²) in [6.07, 6.45) is 7.11. The maximum atomic E-state index is 6.01. The van der Waals surface area contributed by atoms with Gasteiger partial charge in [0.1, 0.15) is 0 Å². The maximum absolute atomic E-state index is 6.01. The van der Waals surface area contributed by atoms with E-state index in [9.17, 15) is 0 Å². The molecule has 20 heavy (non-hydrogen) atoms. The molecule has 3 aromatic rings. The Bertz CT molecular complexity index is 713. The van der Waals surface area contributed by atoms with Crippen LogP contribution in [-0.2, 0) is 6.54 Å². The second-order valence-corrected chi connectivity index (χ2v) is 4.86. The van der Waals surface area contributed by atoms with Crippen LogP contribution in [0.15, 0.2) is 55.2 Å². The molecule has 1 aromatic carbocycles. The molecule has 0 spiro atoms. The van der Waals surface area contributed by atoms with E-state index in [1.54, 1.807) is 18.5 Å². The summed E-state index contributed by atoms with van der Waals surface area (Å²) in [5, 5.41) is 0. The van der Waals surface area contributed by atoms with Crippen molar-refractivity contribution >= 4 is 5.69 Å². The molecule has 2 aromatic heterocycles. The number of hydrogen-bond acceptors (Lipinski definition) is 3. The first-order valence-electron chi connectivity index (χ1n) is 6.49. The van der Waals surface area contributed by atoms with E-state index in [1.807, 2.05) is 12.5 Å². The monoisotopic (exact) mass is 264 g/mol. The van der Waals surface area contributed by atoms with Gasteiger partial charge in [-0.05, 0) is 18.6 Å². The second kappa shape index (κ2) is 5.17. The van der Waals surface area contributed by atoms with Gasteiger partial charge in [-0.2, -0.15) is 0 Å². The fraction of sp³-hybridized carbons (Fsp3) is 0.125. The predicted octanol–water partition coefficient (Wildman–Crippen LogP) is 2.88. The molecule has 0 aliphatic carbocycles. The average Bonchev–Trinajstić information content (AvgIpc) is 2.90. The van der Waals surface area contributed by atoms with E-state index in [1.165, 1.54) is 11.1 Å². The summed E-state index contributed by atoms with van der Waals surface area (Å²) in [7, 11) is 0. The Labute approximate surface area is 117 Å². The first kappa shape index (κ1) is 12.4. The van der Waals surface area contributed by atoms with Crippen molar-refractivity contribution in [1.82, 2.24) is 14.5 Å². The Kier molecular flexibility index (Phi) is 3.21. The molecule has 4 nitrogen and oxygen atoms in total. The lowest BCUT2D eigenvalue weighted by Gasteiger charge is -2.10. The van der Waals surface area contributed by atoms with Gasteiger partial charge in [0, 0.05) is 30.2 Å². The number of hydrogen-bond donors (Lipinski definition) is 1. The Hall–Kier alpha value is -2.62. The van der Waals surface area contributed by atoms with Crippen molar-refractivity contribution < 1.29 is 0 Å². The zero-order chi connectivity index (χ0) is 13.9. The van der Waals surface area contributed by atoms with Crippen molar-refractivity contribution in [2.24, 2.45) is 0 Å². The summed E-state index contributed by atoms with van der Waals surface area (Å²) in [5.41, 5.74) is 11.1. The summed E-state index contributed by atoms with van der Waals surface area (Å²) in [6, 6.07) is 10.3. The molecule has 0 unspecified atom stereocenters. The first-order valence-corrected chi connectivity index (χ1v) is 6.49. The van der Waals surface area contributed by atoms with Crippen LogP contribution in [-0.4, -0.2) is 14.5 Å². The number of benzene rings is 1. The van der Waals surface area contributed by atoms with Gasteiger partial charge in [-0.1, -0.05) is 29.8 Å². The second-order valence-electron chi connectivity index (χ2n) is 4.86. The number of imidazole rings is 1. The zero-order valence-electron chi connectivity index (χ0n) is 11.3. The Morgan fingerprint density at radius 2 is 1.85 bits per heavy atom. The quantitative estimate of drug-likeness (QED) is 0.791. The molecule has 0 atom stereocenters. The minimum Gasteiger partial charge on any atom is -0.398 e. The van der Waals surface area contributed by atoms with Gasteiger partial charge in [0.25, 0.3) is 0 Å². The normalized spacial score (nSPS) is 10.7. The molecule has 2 heterocycles. The van der Waals surface area contributed by atoms with Crippen LogP contribution in [0.1, 0.15) is 11.1 Å². The number of nitrogens with two attached hydrogens (primary N) is 1. The molecule has 0 saturated heterocycles. The molecular weight excluding hydrogens is 248 g/mol. The number of nitrogen functional groups attached to an aromatic ring is 1. The molecule has 0 aliphatic heterocycles. The highest BCUT2D eigenvalue weighted by atomic mass is 15.0. The Morgan fingerprint density at radius 1 is 1.05 bits per heavy atom. The van der Waals surface area contributed by atoms with E-state index in [2.05, 4.69) is 45.7 Å². The minimum absolute atomic E-state index is 0.714. The summed E-state index contributed by atoms with van der Waals surface area (Å²) in [4.78, 5) is 8.37. The lowest BCUT2D eigenvalue weighted by molar-refractivity contribution is 0.804. The summed E-state index contributed by atoms with van der Waals surface area (Å²) in [6.45, 7) is 2.85. The average molecular weight is 264 g/mol. The van der Waals surface area contributed by atoms with Crippen LogP contribution >= 0.6 is 0 Å². The lowest BCUT2D eigenvalue weighted by Crippen LogP contribution is -2.02. The molecule has 0 fully saturated rings. The van der Waals surface area contributed by atoms with Crippen molar-refractivity contribution in [3.63, 3.8) is 0 Å². The number of anilines is 1. The van der Waals surface area contributed by atoms with Crippen molar-refractivity contribution in [2.45, 2.75) is 13.5 Å². The van der Waals surface area contributed by atoms with E-state index in [0.29, 0.717) is 5.69 Å². The van der Waals surface area contributed by atoms with Crippen LogP contribution in [0.25, 0.3) is 11.3 Å². The number of rotatable bonds is 3. The fourth-order valence-electron chi connectivity index (χ4n) is 2.18. The predicted molar refractivity (Wildman–Crippen MR) is 80.2 cm³/mol. The van der Waals surface area contributed by atoms with Crippen LogP contribution in [0.3, 0.4) is 0 Å². The van der Waals surface area contributed by atoms with E-state index < -0.39 is 0 Å². The standard InChI is InChI=1S/C16H16N4/c1-12-2-4-13(5-3-12)10-20-11-19-9-16(20)14-8-18-7-6-15(14)17/h2-9,11H,10H2,1H3,(H2,17,18).